The van der Waals surface area contributed by atoms with Crippen molar-refractivity contribution < 1.29 is 13.9 Å². The molecule has 6 nitrogen and oxygen atoms in total. The predicted octanol–water partition coefficient (Wildman–Crippen LogP) is 2.64. The van der Waals surface area contributed by atoms with Crippen LogP contribution in [0.15, 0.2) is 29.4 Å². The van der Waals surface area contributed by atoms with Crippen LogP contribution in [0.5, 0.6) is 0 Å². The first-order valence-electron chi connectivity index (χ1n) is 8.20. The van der Waals surface area contributed by atoms with E-state index in [-0.39, 0.29) is 17.0 Å². The standard InChI is InChI=1S/C17H23FN4O2S/c1-4-24-11-5-10-19-16(23)12(2)25-17-21-20-15(22(17)3)13-6-8-14(18)9-7-13/h6-9,12H,4-5,10-11H2,1-3H3,(H,19,23). The molecule has 1 unspecified atom stereocenters. The lowest BCUT2D eigenvalue weighted by molar-refractivity contribution is -0.120. The van der Waals surface area contributed by atoms with Gasteiger partial charge < -0.3 is 14.6 Å². The van der Waals surface area contributed by atoms with Gasteiger partial charge in [-0.15, -0.1) is 10.2 Å². The molecule has 2 aromatic rings. The van der Waals surface area contributed by atoms with Crippen molar-refractivity contribution in [3.05, 3.63) is 30.1 Å². The fourth-order valence-electron chi connectivity index (χ4n) is 2.15. The summed E-state index contributed by atoms with van der Waals surface area (Å²) in [4.78, 5) is 12.1. The first kappa shape index (κ1) is 19.4. The number of aromatic nitrogens is 3. The quantitative estimate of drug-likeness (QED) is 0.546. The Labute approximate surface area is 151 Å². The lowest BCUT2D eigenvalue weighted by atomic mass is 10.2. The van der Waals surface area contributed by atoms with Gasteiger partial charge in [-0.25, -0.2) is 4.39 Å². The molecular formula is C17H23FN4O2S. The molecule has 0 saturated heterocycles. The van der Waals surface area contributed by atoms with Crippen molar-refractivity contribution in [2.45, 2.75) is 30.7 Å². The Morgan fingerprint density at radius 3 is 2.76 bits per heavy atom. The van der Waals surface area contributed by atoms with E-state index in [0.29, 0.717) is 30.7 Å². The molecule has 0 saturated carbocycles. The van der Waals surface area contributed by atoms with E-state index in [4.69, 9.17) is 4.74 Å². The maximum absolute atomic E-state index is 13.0. The third kappa shape index (κ3) is 5.54. The van der Waals surface area contributed by atoms with Crippen molar-refractivity contribution in [1.82, 2.24) is 20.1 Å². The van der Waals surface area contributed by atoms with Crippen LogP contribution in [0.2, 0.25) is 0 Å². The van der Waals surface area contributed by atoms with Crippen molar-refractivity contribution >= 4 is 17.7 Å². The molecule has 0 radical (unpaired) electrons. The second-order valence-electron chi connectivity index (χ2n) is 5.47. The second-order valence-corrected chi connectivity index (χ2v) is 6.78. The van der Waals surface area contributed by atoms with E-state index in [0.717, 1.165) is 12.0 Å². The number of carbonyl (C=O) groups excluding carboxylic acids is 1. The lowest BCUT2D eigenvalue weighted by Crippen LogP contribution is -2.32. The zero-order valence-electron chi connectivity index (χ0n) is 14.7. The Morgan fingerprint density at radius 2 is 2.08 bits per heavy atom. The van der Waals surface area contributed by atoms with Crippen LogP contribution >= 0.6 is 11.8 Å². The summed E-state index contributed by atoms with van der Waals surface area (Å²) in [6.07, 6.45) is 0.787. The van der Waals surface area contributed by atoms with Crippen molar-refractivity contribution in [1.29, 1.82) is 0 Å². The summed E-state index contributed by atoms with van der Waals surface area (Å²) in [7, 11) is 1.83. The van der Waals surface area contributed by atoms with Crippen LogP contribution in [-0.2, 0) is 16.6 Å². The van der Waals surface area contributed by atoms with Gasteiger partial charge in [-0.1, -0.05) is 11.8 Å². The number of hydrogen-bond acceptors (Lipinski definition) is 5. The zero-order valence-corrected chi connectivity index (χ0v) is 15.5. The number of thioether (sulfide) groups is 1. The van der Waals surface area contributed by atoms with E-state index < -0.39 is 0 Å². The van der Waals surface area contributed by atoms with Crippen LogP contribution in [0.25, 0.3) is 11.4 Å². The molecule has 1 aromatic carbocycles. The molecular weight excluding hydrogens is 343 g/mol. The minimum Gasteiger partial charge on any atom is -0.382 e. The molecule has 8 heteroatoms. The summed E-state index contributed by atoms with van der Waals surface area (Å²) in [5.74, 6) is 0.287. The number of nitrogens with zero attached hydrogens (tertiary/aromatic N) is 3. The first-order chi connectivity index (χ1) is 12.0. The van der Waals surface area contributed by atoms with E-state index in [1.54, 1.807) is 16.7 Å². The van der Waals surface area contributed by atoms with Gasteiger partial charge in [0.2, 0.25) is 5.91 Å². The van der Waals surface area contributed by atoms with Gasteiger partial charge in [0, 0.05) is 32.4 Å². The largest absolute Gasteiger partial charge is 0.382 e. The number of hydrogen-bond donors (Lipinski definition) is 1. The van der Waals surface area contributed by atoms with Crippen LogP contribution in [0.3, 0.4) is 0 Å². The number of benzene rings is 1. The fraction of sp³-hybridized carbons (Fsp3) is 0.471. The maximum atomic E-state index is 13.0. The number of rotatable bonds is 9. The molecule has 1 aromatic heterocycles. The highest BCUT2D eigenvalue weighted by Crippen LogP contribution is 2.25. The van der Waals surface area contributed by atoms with Gasteiger partial charge in [0.05, 0.1) is 5.25 Å². The molecule has 1 amide bonds. The van der Waals surface area contributed by atoms with Gasteiger partial charge in [0.1, 0.15) is 5.82 Å². The number of carbonyl (C=O) groups is 1. The third-order valence-electron chi connectivity index (χ3n) is 3.56. The van der Waals surface area contributed by atoms with Crippen LogP contribution in [0.4, 0.5) is 4.39 Å². The topological polar surface area (TPSA) is 69.0 Å². The van der Waals surface area contributed by atoms with Crippen molar-refractivity contribution in [3.8, 4) is 11.4 Å². The fourth-order valence-corrected chi connectivity index (χ4v) is 2.99. The van der Waals surface area contributed by atoms with Crippen LogP contribution < -0.4 is 5.32 Å². The van der Waals surface area contributed by atoms with Gasteiger partial charge in [-0.3, -0.25) is 4.79 Å². The Balaban J connectivity index is 1.92. The molecule has 0 aliphatic carbocycles. The Hall–Kier alpha value is -1.93. The van der Waals surface area contributed by atoms with Crippen LogP contribution in [-0.4, -0.2) is 45.7 Å². The maximum Gasteiger partial charge on any atom is 0.233 e. The highest BCUT2D eigenvalue weighted by Gasteiger charge is 2.19. The van der Waals surface area contributed by atoms with E-state index in [2.05, 4.69) is 15.5 Å². The third-order valence-corrected chi connectivity index (χ3v) is 4.69. The van der Waals surface area contributed by atoms with Gasteiger partial charge in [-0.2, -0.15) is 0 Å². The summed E-state index contributed by atoms with van der Waals surface area (Å²) in [5.41, 5.74) is 0.774. The highest BCUT2D eigenvalue weighted by atomic mass is 32.2. The normalized spacial score (nSPS) is 12.2. The summed E-state index contributed by atoms with van der Waals surface area (Å²) in [6.45, 7) is 5.68. The molecule has 1 atom stereocenters. The monoisotopic (exact) mass is 366 g/mol. The molecule has 0 aliphatic rings. The van der Waals surface area contributed by atoms with Gasteiger partial charge in [0.25, 0.3) is 0 Å². The molecule has 0 aliphatic heterocycles. The molecule has 1 heterocycles. The summed E-state index contributed by atoms with van der Waals surface area (Å²) in [5, 5.41) is 11.5. The number of amides is 1. The van der Waals surface area contributed by atoms with E-state index >= 15 is 0 Å². The smallest absolute Gasteiger partial charge is 0.233 e. The second kappa shape index (κ2) is 9.53. The Bertz CT molecular complexity index is 690. The highest BCUT2D eigenvalue weighted by molar-refractivity contribution is 8.00. The SMILES string of the molecule is CCOCCCNC(=O)C(C)Sc1nnc(-c2ccc(F)cc2)n1C. The molecule has 2 rings (SSSR count). The predicted molar refractivity (Wildman–Crippen MR) is 95.8 cm³/mol. The molecule has 0 bridgehead atoms. The van der Waals surface area contributed by atoms with Crippen LogP contribution in [0, 0.1) is 5.82 Å². The van der Waals surface area contributed by atoms with Crippen molar-refractivity contribution in [2.24, 2.45) is 7.05 Å². The summed E-state index contributed by atoms with van der Waals surface area (Å²) in [6, 6.07) is 6.08. The molecule has 136 valence electrons. The summed E-state index contributed by atoms with van der Waals surface area (Å²) >= 11 is 1.34. The number of ether oxygens (including phenoxy) is 1. The lowest BCUT2D eigenvalue weighted by Gasteiger charge is -2.11. The number of halogens is 1. The minimum atomic E-state index is -0.296. The molecule has 0 fully saturated rings. The first-order valence-corrected chi connectivity index (χ1v) is 9.08. The van der Waals surface area contributed by atoms with Gasteiger partial charge in [0.15, 0.2) is 11.0 Å². The molecule has 25 heavy (non-hydrogen) atoms. The Morgan fingerprint density at radius 1 is 1.36 bits per heavy atom. The number of nitrogens with one attached hydrogen (secondary N) is 1. The Kier molecular flexibility index (Phi) is 7.39. The average molecular weight is 366 g/mol. The van der Waals surface area contributed by atoms with Gasteiger partial charge >= 0.3 is 0 Å². The summed E-state index contributed by atoms with van der Waals surface area (Å²) < 4.78 is 20.1. The van der Waals surface area contributed by atoms with E-state index in [9.17, 15) is 9.18 Å². The van der Waals surface area contributed by atoms with Crippen molar-refractivity contribution in [3.63, 3.8) is 0 Å². The van der Waals surface area contributed by atoms with Gasteiger partial charge in [-0.05, 0) is 44.5 Å². The van der Waals surface area contributed by atoms with Crippen LogP contribution in [0.1, 0.15) is 20.3 Å². The zero-order chi connectivity index (χ0) is 18.2. The average Bonchev–Trinajstić information content (AvgIpc) is 2.96. The van der Waals surface area contributed by atoms with Crippen molar-refractivity contribution in [2.75, 3.05) is 19.8 Å². The molecule has 0 spiro atoms. The van der Waals surface area contributed by atoms with E-state index in [1.807, 2.05) is 20.9 Å². The van der Waals surface area contributed by atoms with E-state index in [1.165, 1.54) is 23.9 Å². The molecule has 1 N–H and O–H groups in total. The minimum absolute atomic E-state index is 0.0483.